The van der Waals surface area contributed by atoms with Crippen molar-refractivity contribution in [2.24, 2.45) is 4.99 Å². The summed E-state index contributed by atoms with van der Waals surface area (Å²) in [4.78, 5) is 17.9. The van der Waals surface area contributed by atoms with Crippen LogP contribution in [0.2, 0.25) is 0 Å². The number of nitrogens with one attached hydrogen (secondary N) is 1. The van der Waals surface area contributed by atoms with Crippen LogP contribution >= 0.6 is 24.0 Å². The van der Waals surface area contributed by atoms with Crippen molar-refractivity contribution in [2.45, 2.75) is 13.3 Å². The van der Waals surface area contributed by atoms with Crippen molar-refractivity contribution < 1.29 is 0 Å². The topological polar surface area (TPSA) is 56.7 Å². The summed E-state index contributed by atoms with van der Waals surface area (Å²) in [5.41, 5.74) is 2.30. The van der Waals surface area contributed by atoms with Gasteiger partial charge in [0, 0.05) is 57.9 Å². The minimum absolute atomic E-state index is 0. The average Bonchev–Trinajstić information content (AvgIpc) is 2.68. The number of hydrogen-bond acceptors (Lipinski definition) is 4. The molecule has 0 spiro atoms. The number of guanidine groups is 1. The molecule has 0 amide bonds. The number of nitrogens with zero attached hydrogens (tertiary/aromatic N) is 5. The van der Waals surface area contributed by atoms with E-state index in [1.165, 1.54) is 5.56 Å². The van der Waals surface area contributed by atoms with Crippen LogP contribution < -0.4 is 10.2 Å². The highest BCUT2D eigenvalue weighted by Gasteiger charge is 2.20. The Bertz CT molecular complexity index is 681. The van der Waals surface area contributed by atoms with Crippen LogP contribution in [0.15, 0.2) is 47.7 Å². The van der Waals surface area contributed by atoms with Gasteiger partial charge in [-0.25, -0.2) is 4.98 Å². The molecule has 1 aliphatic heterocycles. The molecule has 3 rings (SSSR count). The summed E-state index contributed by atoms with van der Waals surface area (Å²) in [6.45, 7) is 6.68. The molecule has 0 aliphatic carbocycles. The number of halogens is 1. The largest absolute Gasteiger partial charge is 0.356 e. The zero-order valence-corrected chi connectivity index (χ0v) is 17.8. The van der Waals surface area contributed by atoms with Crippen LogP contribution in [-0.2, 0) is 6.42 Å². The van der Waals surface area contributed by atoms with E-state index in [0.717, 1.165) is 56.6 Å². The Morgan fingerprint density at radius 3 is 2.54 bits per heavy atom. The van der Waals surface area contributed by atoms with E-state index in [-0.39, 0.29) is 24.0 Å². The minimum atomic E-state index is 0. The maximum atomic E-state index is 4.44. The fraction of sp³-hybridized carbons (Fsp3) is 0.421. The minimum Gasteiger partial charge on any atom is -0.356 e. The van der Waals surface area contributed by atoms with Gasteiger partial charge in [0.05, 0.1) is 0 Å². The van der Waals surface area contributed by atoms with E-state index >= 15 is 0 Å². The van der Waals surface area contributed by atoms with Gasteiger partial charge < -0.3 is 15.1 Å². The molecule has 1 N–H and O–H groups in total. The lowest BCUT2D eigenvalue weighted by Crippen LogP contribution is -2.53. The quantitative estimate of drug-likeness (QED) is 0.426. The maximum absolute atomic E-state index is 4.44. The number of aryl methyl sites for hydroxylation is 1. The smallest absolute Gasteiger partial charge is 0.193 e. The van der Waals surface area contributed by atoms with Crippen LogP contribution in [0.5, 0.6) is 0 Å². The van der Waals surface area contributed by atoms with E-state index in [2.05, 4.69) is 48.3 Å². The predicted octanol–water partition coefficient (Wildman–Crippen LogP) is 2.34. The van der Waals surface area contributed by atoms with Crippen LogP contribution in [0, 0.1) is 6.92 Å². The first kappa shape index (κ1) is 20.4. The molecular weight excluding hydrogens is 439 g/mol. The summed E-state index contributed by atoms with van der Waals surface area (Å²) in [5, 5.41) is 3.47. The van der Waals surface area contributed by atoms with Crippen molar-refractivity contribution in [1.82, 2.24) is 20.2 Å². The van der Waals surface area contributed by atoms with Crippen molar-refractivity contribution in [1.29, 1.82) is 0 Å². The van der Waals surface area contributed by atoms with Gasteiger partial charge in [-0.1, -0.05) is 12.1 Å². The molecule has 0 aromatic carbocycles. The lowest BCUT2D eigenvalue weighted by Gasteiger charge is -2.37. The molecule has 6 nitrogen and oxygen atoms in total. The first-order chi connectivity index (χ1) is 12.3. The van der Waals surface area contributed by atoms with Crippen molar-refractivity contribution in [2.75, 3.05) is 44.7 Å². The Morgan fingerprint density at radius 2 is 1.92 bits per heavy atom. The van der Waals surface area contributed by atoms with E-state index in [0.29, 0.717) is 0 Å². The second kappa shape index (κ2) is 10.3. The number of aliphatic imine (C=N–C) groups is 1. The van der Waals surface area contributed by atoms with E-state index in [1.54, 1.807) is 0 Å². The lowest BCUT2D eigenvalue weighted by molar-refractivity contribution is 0.372. The fourth-order valence-electron chi connectivity index (χ4n) is 2.99. The molecular formula is C19H27IN6. The second-order valence-corrected chi connectivity index (χ2v) is 6.19. The average molecular weight is 466 g/mol. The van der Waals surface area contributed by atoms with Gasteiger partial charge in [-0.2, -0.15) is 0 Å². The SMILES string of the molecule is CN=C(NCCc1ccc(C)nc1)N1CCN(c2ccccn2)CC1.I. The Hall–Kier alpha value is -1.90. The van der Waals surface area contributed by atoms with Crippen LogP contribution in [0.3, 0.4) is 0 Å². The van der Waals surface area contributed by atoms with Gasteiger partial charge in [0.1, 0.15) is 5.82 Å². The number of anilines is 1. The van der Waals surface area contributed by atoms with E-state index in [1.807, 2.05) is 38.5 Å². The molecule has 0 atom stereocenters. The Morgan fingerprint density at radius 1 is 1.12 bits per heavy atom. The molecule has 26 heavy (non-hydrogen) atoms. The standard InChI is InChI=1S/C19H26N6.HI/c1-16-6-7-17(15-23-16)8-10-22-19(20-2)25-13-11-24(12-14-25)18-5-3-4-9-21-18;/h3-7,9,15H,8,10-14H2,1-2H3,(H,20,22);1H. The monoisotopic (exact) mass is 466 g/mol. The Balaban J connectivity index is 0.00000243. The third kappa shape index (κ3) is 5.55. The van der Waals surface area contributed by atoms with E-state index in [4.69, 9.17) is 0 Å². The summed E-state index contributed by atoms with van der Waals surface area (Å²) in [7, 11) is 1.85. The molecule has 1 aliphatic rings. The van der Waals surface area contributed by atoms with Gasteiger partial charge in [-0.05, 0) is 37.1 Å². The highest BCUT2D eigenvalue weighted by atomic mass is 127. The van der Waals surface area contributed by atoms with E-state index < -0.39 is 0 Å². The molecule has 0 bridgehead atoms. The first-order valence-corrected chi connectivity index (χ1v) is 8.79. The number of rotatable bonds is 4. The van der Waals surface area contributed by atoms with Crippen LogP contribution in [0.1, 0.15) is 11.3 Å². The zero-order chi connectivity index (χ0) is 17.5. The van der Waals surface area contributed by atoms with Gasteiger partial charge in [0.15, 0.2) is 5.96 Å². The number of piperazine rings is 1. The molecule has 2 aromatic heterocycles. The number of aromatic nitrogens is 2. The maximum Gasteiger partial charge on any atom is 0.193 e. The highest BCUT2D eigenvalue weighted by molar-refractivity contribution is 14.0. The van der Waals surface area contributed by atoms with Crippen LogP contribution in [0.4, 0.5) is 5.82 Å². The predicted molar refractivity (Wildman–Crippen MR) is 117 cm³/mol. The van der Waals surface area contributed by atoms with Gasteiger partial charge in [0.25, 0.3) is 0 Å². The highest BCUT2D eigenvalue weighted by Crippen LogP contribution is 2.12. The van der Waals surface area contributed by atoms with Crippen molar-refractivity contribution >= 4 is 35.8 Å². The van der Waals surface area contributed by atoms with Crippen molar-refractivity contribution in [3.63, 3.8) is 0 Å². The third-order valence-electron chi connectivity index (χ3n) is 4.43. The second-order valence-electron chi connectivity index (χ2n) is 6.19. The molecule has 2 aromatic rings. The zero-order valence-electron chi connectivity index (χ0n) is 15.4. The number of hydrogen-bond donors (Lipinski definition) is 1. The summed E-state index contributed by atoms with van der Waals surface area (Å²) >= 11 is 0. The third-order valence-corrected chi connectivity index (χ3v) is 4.43. The Labute approximate surface area is 172 Å². The molecule has 0 radical (unpaired) electrons. The molecule has 1 saturated heterocycles. The summed E-state index contributed by atoms with van der Waals surface area (Å²) < 4.78 is 0. The molecule has 0 saturated carbocycles. The molecule has 3 heterocycles. The lowest BCUT2D eigenvalue weighted by atomic mass is 10.2. The molecule has 7 heteroatoms. The fourth-order valence-corrected chi connectivity index (χ4v) is 2.99. The van der Waals surface area contributed by atoms with Gasteiger partial charge in [-0.3, -0.25) is 9.98 Å². The van der Waals surface area contributed by atoms with Gasteiger partial charge in [-0.15, -0.1) is 24.0 Å². The molecule has 1 fully saturated rings. The normalized spacial score (nSPS) is 14.8. The summed E-state index contributed by atoms with van der Waals surface area (Å²) in [6, 6.07) is 10.3. The van der Waals surface area contributed by atoms with Gasteiger partial charge in [0.2, 0.25) is 0 Å². The number of pyridine rings is 2. The van der Waals surface area contributed by atoms with Crippen LogP contribution in [0.25, 0.3) is 0 Å². The van der Waals surface area contributed by atoms with Crippen molar-refractivity contribution in [3.8, 4) is 0 Å². The Kier molecular flexibility index (Phi) is 8.08. The summed E-state index contributed by atoms with van der Waals surface area (Å²) in [6.07, 6.45) is 4.74. The van der Waals surface area contributed by atoms with Crippen LogP contribution in [-0.4, -0.2) is 60.6 Å². The van der Waals surface area contributed by atoms with Crippen molar-refractivity contribution in [3.05, 3.63) is 54.0 Å². The first-order valence-electron chi connectivity index (χ1n) is 8.79. The van der Waals surface area contributed by atoms with E-state index in [9.17, 15) is 0 Å². The molecule has 140 valence electrons. The summed E-state index contributed by atoms with van der Waals surface area (Å²) in [5.74, 6) is 2.03. The van der Waals surface area contributed by atoms with Gasteiger partial charge >= 0.3 is 0 Å². The molecule has 0 unspecified atom stereocenters.